The van der Waals surface area contributed by atoms with Gasteiger partial charge < -0.3 is 0 Å². The Labute approximate surface area is 147 Å². The van der Waals surface area contributed by atoms with Crippen LogP contribution in [0.3, 0.4) is 0 Å². The van der Waals surface area contributed by atoms with Crippen LogP contribution < -0.4 is 0 Å². The van der Waals surface area contributed by atoms with Gasteiger partial charge in [0.1, 0.15) is 12.4 Å². The summed E-state index contributed by atoms with van der Waals surface area (Å²) < 4.78 is 0. The van der Waals surface area contributed by atoms with Gasteiger partial charge in [-0.15, -0.1) is 11.3 Å². The van der Waals surface area contributed by atoms with E-state index in [-0.39, 0.29) is 5.92 Å². The van der Waals surface area contributed by atoms with E-state index in [0.717, 1.165) is 20.9 Å². The lowest BCUT2D eigenvalue weighted by Crippen LogP contribution is -1.89. The van der Waals surface area contributed by atoms with Crippen molar-refractivity contribution in [2.45, 2.75) is 19.8 Å². The van der Waals surface area contributed by atoms with E-state index >= 15 is 0 Å². The molecule has 0 saturated heterocycles. The molecule has 0 fully saturated rings. The van der Waals surface area contributed by atoms with Crippen molar-refractivity contribution in [3.05, 3.63) is 45.0 Å². The van der Waals surface area contributed by atoms with Crippen molar-refractivity contribution in [2.75, 3.05) is 0 Å². The van der Waals surface area contributed by atoms with E-state index in [0.29, 0.717) is 21.4 Å². The highest BCUT2D eigenvalue weighted by atomic mass is 35.5. The first-order chi connectivity index (χ1) is 11.0. The highest BCUT2D eigenvalue weighted by molar-refractivity contribution is 7.16. The zero-order valence-corrected chi connectivity index (χ0v) is 14.7. The lowest BCUT2D eigenvalue weighted by Gasteiger charge is -2.07. The molecule has 0 aliphatic rings. The van der Waals surface area contributed by atoms with Crippen molar-refractivity contribution < 1.29 is 0 Å². The molecule has 7 heteroatoms. The Bertz CT molecular complexity index is 892. The van der Waals surface area contributed by atoms with Gasteiger partial charge in [-0.3, -0.25) is 5.10 Å². The monoisotopic (exact) mass is 362 g/mol. The van der Waals surface area contributed by atoms with Crippen LogP contribution in [0.2, 0.25) is 10.0 Å². The van der Waals surface area contributed by atoms with Crippen molar-refractivity contribution >= 4 is 34.5 Å². The van der Waals surface area contributed by atoms with Gasteiger partial charge in [0.05, 0.1) is 10.4 Å². The molecule has 0 bridgehead atoms. The largest absolute Gasteiger partial charge is 0.259 e. The van der Waals surface area contributed by atoms with Crippen LogP contribution in [-0.4, -0.2) is 15.2 Å². The molecule has 3 aromatic rings. The average molecular weight is 363 g/mol. The second-order valence-corrected chi connectivity index (χ2v) is 7.17. The smallest absolute Gasteiger partial charge is 0.166 e. The van der Waals surface area contributed by atoms with Crippen LogP contribution in [-0.2, 0) is 0 Å². The predicted molar refractivity (Wildman–Crippen MR) is 94.0 cm³/mol. The molecule has 4 nitrogen and oxygen atoms in total. The number of benzene rings is 1. The SMILES string of the molecule is CC(C)c1sc(-c2ncn[nH]2)c(-c2ccc(Cl)cc2Cl)c1C#N. The van der Waals surface area contributed by atoms with Crippen molar-refractivity contribution in [2.24, 2.45) is 0 Å². The fourth-order valence-corrected chi connectivity index (χ4v) is 4.11. The van der Waals surface area contributed by atoms with Crippen molar-refractivity contribution in [3.8, 4) is 27.9 Å². The maximum atomic E-state index is 9.71. The number of rotatable bonds is 3. The lowest BCUT2D eigenvalue weighted by molar-refractivity contribution is 0.886. The molecule has 2 aromatic heterocycles. The first-order valence-electron chi connectivity index (χ1n) is 6.90. The van der Waals surface area contributed by atoms with E-state index in [2.05, 4.69) is 35.1 Å². The van der Waals surface area contributed by atoms with E-state index in [1.54, 1.807) is 12.1 Å². The van der Waals surface area contributed by atoms with E-state index < -0.39 is 0 Å². The Balaban J connectivity index is 2.35. The Kier molecular flexibility index (Phi) is 4.40. The predicted octanol–water partition coefficient (Wildman–Crippen LogP) is 5.50. The number of nitrogens with zero attached hydrogens (tertiary/aromatic N) is 3. The van der Waals surface area contributed by atoms with Crippen LogP contribution in [0.5, 0.6) is 0 Å². The summed E-state index contributed by atoms with van der Waals surface area (Å²) in [7, 11) is 0. The van der Waals surface area contributed by atoms with Gasteiger partial charge >= 0.3 is 0 Å². The number of aromatic nitrogens is 3. The summed E-state index contributed by atoms with van der Waals surface area (Å²) in [5.41, 5.74) is 2.17. The molecule has 1 N–H and O–H groups in total. The Morgan fingerprint density at radius 3 is 2.65 bits per heavy atom. The maximum absolute atomic E-state index is 9.71. The molecule has 0 amide bonds. The first-order valence-corrected chi connectivity index (χ1v) is 8.48. The Hall–Kier alpha value is -1.87. The van der Waals surface area contributed by atoms with Crippen LogP contribution in [0.1, 0.15) is 30.2 Å². The van der Waals surface area contributed by atoms with E-state index in [4.69, 9.17) is 23.2 Å². The second kappa shape index (κ2) is 6.32. The molecule has 2 heterocycles. The molecule has 0 aliphatic heterocycles. The molecule has 0 radical (unpaired) electrons. The molecule has 0 saturated carbocycles. The molecule has 23 heavy (non-hydrogen) atoms. The molecular weight excluding hydrogens is 351 g/mol. The number of aromatic amines is 1. The second-order valence-electron chi connectivity index (χ2n) is 5.27. The number of H-pyrrole nitrogens is 1. The zero-order valence-electron chi connectivity index (χ0n) is 12.4. The van der Waals surface area contributed by atoms with Gasteiger partial charge in [0, 0.05) is 26.0 Å². The number of hydrogen-bond donors (Lipinski definition) is 1. The minimum atomic E-state index is 0.219. The van der Waals surface area contributed by atoms with Crippen LogP contribution in [0.15, 0.2) is 24.5 Å². The van der Waals surface area contributed by atoms with Gasteiger partial charge in [-0.05, 0) is 18.1 Å². The lowest BCUT2D eigenvalue weighted by atomic mass is 9.97. The highest BCUT2D eigenvalue weighted by Gasteiger charge is 2.25. The summed E-state index contributed by atoms with van der Waals surface area (Å²) in [4.78, 5) is 6.09. The van der Waals surface area contributed by atoms with Crippen molar-refractivity contribution in [3.63, 3.8) is 0 Å². The van der Waals surface area contributed by atoms with Crippen molar-refractivity contribution in [1.29, 1.82) is 5.26 Å². The molecule has 0 unspecified atom stereocenters. The highest BCUT2D eigenvalue weighted by Crippen LogP contribution is 2.46. The van der Waals surface area contributed by atoms with E-state index in [1.165, 1.54) is 17.7 Å². The molecule has 0 atom stereocenters. The van der Waals surface area contributed by atoms with Crippen LogP contribution in [0.4, 0.5) is 0 Å². The first kappa shape index (κ1) is 16.0. The van der Waals surface area contributed by atoms with Crippen molar-refractivity contribution in [1.82, 2.24) is 15.2 Å². The zero-order chi connectivity index (χ0) is 16.6. The fourth-order valence-electron chi connectivity index (χ4n) is 2.40. The summed E-state index contributed by atoms with van der Waals surface area (Å²) in [6, 6.07) is 7.60. The topological polar surface area (TPSA) is 65.4 Å². The molecule has 116 valence electrons. The van der Waals surface area contributed by atoms with Crippen LogP contribution in [0, 0.1) is 11.3 Å². The summed E-state index contributed by atoms with van der Waals surface area (Å²) in [5.74, 6) is 0.843. The number of nitriles is 1. The summed E-state index contributed by atoms with van der Waals surface area (Å²) in [6.45, 7) is 4.12. The number of nitrogens with one attached hydrogen (secondary N) is 1. The Morgan fingerprint density at radius 2 is 2.09 bits per heavy atom. The summed E-state index contributed by atoms with van der Waals surface area (Å²) in [6.07, 6.45) is 1.45. The van der Waals surface area contributed by atoms with Gasteiger partial charge in [-0.1, -0.05) is 43.1 Å². The number of thiophene rings is 1. The van der Waals surface area contributed by atoms with Gasteiger partial charge in [0.15, 0.2) is 5.82 Å². The molecule has 0 aliphatic carbocycles. The van der Waals surface area contributed by atoms with Crippen LogP contribution >= 0.6 is 34.5 Å². The molecule has 3 rings (SSSR count). The number of halogens is 2. The minimum Gasteiger partial charge on any atom is -0.259 e. The summed E-state index contributed by atoms with van der Waals surface area (Å²) >= 11 is 13.9. The van der Waals surface area contributed by atoms with E-state index in [9.17, 15) is 5.26 Å². The van der Waals surface area contributed by atoms with Gasteiger partial charge in [-0.25, -0.2) is 4.98 Å². The van der Waals surface area contributed by atoms with Gasteiger partial charge in [0.25, 0.3) is 0 Å². The quantitative estimate of drug-likeness (QED) is 0.668. The molecule has 1 aromatic carbocycles. The third-order valence-corrected chi connectivity index (χ3v) is 5.45. The average Bonchev–Trinajstić information content (AvgIpc) is 3.13. The van der Waals surface area contributed by atoms with Gasteiger partial charge in [0.2, 0.25) is 0 Å². The molecule has 0 spiro atoms. The summed E-state index contributed by atoms with van der Waals surface area (Å²) in [5, 5.41) is 17.5. The standard InChI is InChI=1S/C16H12Cl2N4S/c1-8(2)14-11(6-19)13(10-4-3-9(17)5-12(10)18)15(23-14)16-20-7-21-22-16/h3-5,7-8H,1-2H3,(H,20,21,22). The third-order valence-electron chi connectivity index (χ3n) is 3.40. The normalized spacial score (nSPS) is 11.0. The number of hydrogen-bond acceptors (Lipinski definition) is 4. The fraction of sp³-hybridized carbons (Fsp3) is 0.188. The third kappa shape index (κ3) is 2.86. The van der Waals surface area contributed by atoms with Crippen LogP contribution in [0.25, 0.3) is 21.8 Å². The molecular formula is C16H12Cl2N4S. The van der Waals surface area contributed by atoms with E-state index in [1.807, 2.05) is 6.07 Å². The Morgan fingerprint density at radius 1 is 1.30 bits per heavy atom. The maximum Gasteiger partial charge on any atom is 0.166 e. The minimum absolute atomic E-state index is 0.219. The van der Waals surface area contributed by atoms with Gasteiger partial charge in [-0.2, -0.15) is 10.4 Å².